The molecule has 1 aliphatic heterocycles. The van der Waals surface area contributed by atoms with Crippen LogP contribution >= 0.6 is 0 Å². The third-order valence-corrected chi connectivity index (χ3v) is 8.50. The van der Waals surface area contributed by atoms with E-state index in [1.54, 1.807) is 12.5 Å². The first-order valence-corrected chi connectivity index (χ1v) is 14.5. The van der Waals surface area contributed by atoms with Crippen molar-refractivity contribution >= 4 is 17.7 Å². The first-order valence-electron chi connectivity index (χ1n) is 14.5. The lowest BCUT2D eigenvalue weighted by Gasteiger charge is -2.38. The van der Waals surface area contributed by atoms with Gasteiger partial charge in [-0.15, -0.1) is 0 Å². The summed E-state index contributed by atoms with van der Waals surface area (Å²) in [6.45, 7) is 4.09. The standard InChI is InChI=1S/C29H36N10O3/c1-28(6-3-7-28)37-25(40)24-34-26(36-27(35-24)42-17-29(16-30)8-9-29)39-10-4-19(5-11-39)15-41-22-12-20(13-32-23(22)31)21-14-38(2)18-33-21/h12-14,18-19H,3-11,15,17H2,1-2H3,(H2,31,32)(H,37,40). The van der Waals surface area contributed by atoms with Crippen LogP contribution < -0.4 is 25.4 Å². The molecule has 220 valence electrons. The van der Waals surface area contributed by atoms with Crippen molar-refractivity contribution in [1.29, 1.82) is 5.26 Å². The molecular weight excluding hydrogens is 536 g/mol. The van der Waals surface area contributed by atoms with Crippen molar-refractivity contribution in [3.05, 3.63) is 30.6 Å². The Morgan fingerprint density at radius 1 is 1.17 bits per heavy atom. The molecule has 6 rings (SSSR count). The predicted molar refractivity (Wildman–Crippen MR) is 154 cm³/mol. The van der Waals surface area contributed by atoms with Crippen LogP contribution in [0, 0.1) is 22.7 Å². The lowest BCUT2D eigenvalue weighted by Crippen LogP contribution is -2.51. The van der Waals surface area contributed by atoms with E-state index >= 15 is 0 Å². The minimum atomic E-state index is -0.483. The summed E-state index contributed by atoms with van der Waals surface area (Å²) in [6.07, 6.45) is 11.5. The zero-order valence-corrected chi connectivity index (χ0v) is 24.0. The lowest BCUT2D eigenvalue weighted by molar-refractivity contribution is 0.0837. The molecule has 0 spiro atoms. The highest BCUT2D eigenvalue weighted by molar-refractivity contribution is 5.91. The largest absolute Gasteiger partial charge is 0.489 e. The van der Waals surface area contributed by atoms with Crippen LogP contribution in [0.1, 0.15) is 62.5 Å². The first-order chi connectivity index (χ1) is 20.2. The van der Waals surface area contributed by atoms with Crippen molar-refractivity contribution in [1.82, 2.24) is 34.8 Å². The number of hydrogen-bond acceptors (Lipinski definition) is 11. The van der Waals surface area contributed by atoms with E-state index in [4.69, 9.17) is 15.2 Å². The fraction of sp³-hybridized carbons (Fsp3) is 0.552. The quantitative estimate of drug-likeness (QED) is 0.366. The van der Waals surface area contributed by atoms with Crippen LogP contribution in [-0.2, 0) is 7.05 Å². The van der Waals surface area contributed by atoms with Gasteiger partial charge in [-0.05, 0) is 63.9 Å². The summed E-state index contributed by atoms with van der Waals surface area (Å²) >= 11 is 0. The second kappa shape index (κ2) is 11.1. The molecule has 42 heavy (non-hydrogen) atoms. The van der Waals surface area contributed by atoms with E-state index in [2.05, 4.69) is 36.3 Å². The van der Waals surface area contributed by atoms with E-state index in [0.717, 1.165) is 56.2 Å². The van der Waals surface area contributed by atoms with Gasteiger partial charge in [0.25, 0.3) is 5.91 Å². The van der Waals surface area contributed by atoms with Gasteiger partial charge < -0.3 is 30.0 Å². The molecular formula is C29H36N10O3. The fourth-order valence-corrected chi connectivity index (χ4v) is 5.24. The van der Waals surface area contributed by atoms with Crippen molar-refractivity contribution in [3.63, 3.8) is 0 Å². The highest BCUT2D eigenvalue weighted by atomic mass is 16.5. The van der Waals surface area contributed by atoms with E-state index in [0.29, 0.717) is 43.1 Å². The molecule has 0 unspecified atom stereocenters. The Bertz CT molecular complexity index is 1500. The highest BCUT2D eigenvalue weighted by Gasteiger charge is 2.44. The monoisotopic (exact) mass is 572 g/mol. The lowest BCUT2D eigenvalue weighted by atomic mass is 9.78. The van der Waals surface area contributed by atoms with Crippen LogP contribution in [0.2, 0.25) is 0 Å². The van der Waals surface area contributed by atoms with Gasteiger partial charge in [-0.1, -0.05) is 0 Å². The number of carbonyl (C=O) groups excluding carboxylic acids is 1. The number of ether oxygens (including phenoxy) is 2. The number of nitrogens with two attached hydrogens (primary N) is 1. The Morgan fingerprint density at radius 2 is 1.95 bits per heavy atom. The molecule has 0 radical (unpaired) electrons. The number of rotatable bonds is 10. The number of aromatic nitrogens is 6. The number of piperidine rings is 1. The second-order valence-corrected chi connectivity index (χ2v) is 12.1. The maximum Gasteiger partial charge on any atom is 0.322 e. The Hall–Kier alpha value is -4.47. The second-order valence-electron chi connectivity index (χ2n) is 12.1. The summed E-state index contributed by atoms with van der Waals surface area (Å²) in [7, 11) is 1.92. The number of aryl methyl sites for hydroxylation is 1. The number of carbonyl (C=O) groups is 1. The first kappa shape index (κ1) is 27.7. The van der Waals surface area contributed by atoms with Crippen LogP contribution in [0.25, 0.3) is 11.3 Å². The molecule has 3 N–H and O–H groups in total. The van der Waals surface area contributed by atoms with Gasteiger partial charge in [0.2, 0.25) is 11.8 Å². The summed E-state index contributed by atoms with van der Waals surface area (Å²) < 4.78 is 13.8. The fourth-order valence-electron chi connectivity index (χ4n) is 5.24. The number of anilines is 2. The number of amides is 1. The third-order valence-electron chi connectivity index (χ3n) is 8.50. The zero-order valence-electron chi connectivity index (χ0n) is 24.0. The van der Waals surface area contributed by atoms with Gasteiger partial charge in [-0.25, -0.2) is 9.97 Å². The Kier molecular flexibility index (Phi) is 7.30. The highest BCUT2D eigenvalue weighted by Crippen LogP contribution is 2.45. The molecule has 3 aliphatic rings. The molecule has 2 aliphatic carbocycles. The molecule has 2 saturated carbocycles. The molecule has 3 aromatic heterocycles. The van der Waals surface area contributed by atoms with Crippen molar-refractivity contribution < 1.29 is 14.3 Å². The minimum absolute atomic E-state index is 0.0335. The van der Waals surface area contributed by atoms with Gasteiger partial charge in [0.1, 0.15) is 6.61 Å². The molecule has 0 bridgehead atoms. The number of nitrogens with zero attached hydrogens (tertiary/aromatic N) is 8. The molecule has 13 nitrogen and oxygen atoms in total. The maximum atomic E-state index is 13.1. The predicted octanol–water partition coefficient (Wildman–Crippen LogP) is 2.90. The number of imidazole rings is 1. The number of hydrogen-bond donors (Lipinski definition) is 2. The minimum Gasteiger partial charge on any atom is -0.489 e. The Balaban J connectivity index is 1.10. The SMILES string of the molecule is Cn1cnc(-c2cnc(N)c(OCC3CCN(c4nc(OCC5(C#N)CC5)nc(C(=O)NC5(C)CCC5)n4)CC3)c2)c1. The normalized spacial score (nSPS) is 18.9. The Morgan fingerprint density at radius 3 is 2.60 bits per heavy atom. The molecule has 1 saturated heterocycles. The van der Waals surface area contributed by atoms with E-state index in [9.17, 15) is 10.1 Å². The van der Waals surface area contributed by atoms with Crippen molar-refractivity contribution in [3.8, 4) is 29.1 Å². The smallest absolute Gasteiger partial charge is 0.322 e. The van der Waals surface area contributed by atoms with Crippen LogP contribution in [-0.4, -0.2) is 67.2 Å². The third kappa shape index (κ3) is 6.07. The molecule has 0 atom stereocenters. The van der Waals surface area contributed by atoms with Crippen LogP contribution in [0.5, 0.6) is 11.8 Å². The molecule has 1 amide bonds. The van der Waals surface area contributed by atoms with Crippen LogP contribution in [0.4, 0.5) is 11.8 Å². The molecule has 3 aromatic rings. The summed E-state index contributed by atoms with van der Waals surface area (Å²) in [5, 5.41) is 12.5. The van der Waals surface area contributed by atoms with Gasteiger partial charge >= 0.3 is 6.01 Å². The number of pyridine rings is 1. The van der Waals surface area contributed by atoms with Crippen LogP contribution in [0.15, 0.2) is 24.8 Å². The van der Waals surface area contributed by atoms with Gasteiger partial charge in [0, 0.05) is 43.6 Å². The van der Waals surface area contributed by atoms with Gasteiger partial charge in [0.05, 0.1) is 30.1 Å². The van der Waals surface area contributed by atoms with Crippen molar-refractivity contribution in [2.24, 2.45) is 18.4 Å². The van der Waals surface area contributed by atoms with E-state index in [1.807, 2.05) is 35.7 Å². The van der Waals surface area contributed by atoms with E-state index in [-0.39, 0.29) is 29.9 Å². The average Bonchev–Trinajstić information content (AvgIpc) is 3.65. The number of nitrogen functional groups attached to an aromatic ring is 1. The summed E-state index contributed by atoms with van der Waals surface area (Å²) in [5.74, 6) is 1.28. The average molecular weight is 573 g/mol. The molecule has 4 heterocycles. The summed E-state index contributed by atoms with van der Waals surface area (Å²) in [4.78, 5) is 37.2. The van der Waals surface area contributed by atoms with Gasteiger partial charge in [0.15, 0.2) is 11.6 Å². The topological polar surface area (TPSA) is 170 Å². The zero-order chi connectivity index (χ0) is 29.3. The summed E-state index contributed by atoms with van der Waals surface area (Å²) in [5.41, 5.74) is 7.03. The number of nitrogens with one attached hydrogen (secondary N) is 1. The van der Waals surface area contributed by atoms with Gasteiger partial charge in [-0.3, -0.25) is 4.79 Å². The summed E-state index contributed by atoms with van der Waals surface area (Å²) in [6, 6.07) is 4.27. The molecule has 3 fully saturated rings. The maximum absolute atomic E-state index is 13.1. The molecule has 0 aromatic carbocycles. The molecule has 13 heteroatoms. The van der Waals surface area contributed by atoms with E-state index < -0.39 is 5.41 Å². The van der Waals surface area contributed by atoms with Crippen molar-refractivity contribution in [2.75, 3.05) is 36.9 Å². The van der Waals surface area contributed by atoms with Gasteiger partial charge in [-0.2, -0.15) is 20.2 Å². The van der Waals surface area contributed by atoms with E-state index in [1.165, 1.54) is 0 Å². The van der Waals surface area contributed by atoms with Crippen LogP contribution in [0.3, 0.4) is 0 Å². The van der Waals surface area contributed by atoms with Crippen molar-refractivity contribution in [2.45, 2.75) is 57.4 Å². The Labute approximate surface area is 244 Å². The number of nitriles is 1.